The van der Waals surface area contributed by atoms with Crippen LogP contribution in [-0.2, 0) is 10.4 Å². The topological polar surface area (TPSA) is 63.3 Å². The molecule has 1 aromatic rings. The van der Waals surface area contributed by atoms with Gasteiger partial charge in [0.25, 0.3) is 5.91 Å². The number of halogens is 2. The van der Waals surface area contributed by atoms with Gasteiger partial charge in [-0.3, -0.25) is 4.79 Å². The van der Waals surface area contributed by atoms with Crippen molar-refractivity contribution in [2.45, 2.75) is 18.6 Å². The zero-order chi connectivity index (χ0) is 14.1. The molecular weight excluding hydrogens is 204 g/mol. The first-order valence-electron chi connectivity index (χ1n) is 5.52. The highest BCUT2D eigenvalue weighted by Crippen LogP contribution is 2.26. The summed E-state index contributed by atoms with van der Waals surface area (Å²) in [6.45, 7) is -3.24. The molecule has 0 heterocycles. The number of benzene rings is 1. The Morgan fingerprint density at radius 2 is 2.13 bits per heavy atom. The molecule has 0 radical (unpaired) electrons. The monoisotopic (exact) mass is 218 g/mol. The van der Waals surface area contributed by atoms with Crippen LogP contribution in [0, 0.1) is 5.82 Å². The largest absolute Gasteiger partial charge is 0.382 e. The fourth-order valence-electron chi connectivity index (χ4n) is 1.06. The standard InChI is InChI=1S/C10H11F2NO2/c1-10(15,8(12)9(13)14)6-2-4-7(11)5-3-6/h2-5,8,15H,1H3,(H2,13,14)/i1D3. The van der Waals surface area contributed by atoms with E-state index < -0.39 is 35.9 Å². The van der Waals surface area contributed by atoms with E-state index >= 15 is 0 Å². The molecular formula is C10H11F2NO2. The van der Waals surface area contributed by atoms with Gasteiger partial charge in [-0.2, -0.15) is 0 Å². The lowest BCUT2D eigenvalue weighted by Crippen LogP contribution is -2.42. The molecule has 0 aromatic heterocycles. The van der Waals surface area contributed by atoms with Gasteiger partial charge in [-0.25, -0.2) is 8.78 Å². The van der Waals surface area contributed by atoms with Gasteiger partial charge in [0.05, 0.1) is 0 Å². The molecule has 3 nitrogen and oxygen atoms in total. The first-order valence-corrected chi connectivity index (χ1v) is 4.02. The summed E-state index contributed by atoms with van der Waals surface area (Å²) in [5, 5.41) is 9.99. The zero-order valence-electron chi connectivity index (χ0n) is 10.6. The fourth-order valence-corrected chi connectivity index (χ4v) is 1.06. The lowest BCUT2D eigenvalue weighted by atomic mass is 9.91. The van der Waals surface area contributed by atoms with Crippen LogP contribution in [0.15, 0.2) is 24.3 Å². The number of alkyl halides is 1. The average molecular weight is 218 g/mol. The Bertz CT molecular complexity index is 449. The number of amides is 1. The molecule has 1 rings (SSSR count). The summed E-state index contributed by atoms with van der Waals surface area (Å²) in [6, 6.07) is 3.47. The van der Waals surface area contributed by atoms with Gasteiger partial charge in [0, 0.05) is 4.11 Å². The molecule has 0 spiro atoms. The Hall–Kier alpha value is -1.49. The SMILES string of the molecule is [2H]C([2H])([2H])C(O)(c1ccc(F)cc1)C(F)C(N)=O. The van der Waals surface area contributed by atoms with Gasteiger partial charge >= 0.3 is 0 Å². The van der Waals surface area contributed by atoms with Gasteiger partial charge in [0.2, 0.25) is 6.17 Å². The number of primary amides is 1. The Morgan fingerprint density at radius 1 is 1.60 bits per heavy atom. The van der Waals surface area contributed by atoms with Crippen molar-refractivity contribution in [2.75, 3.05) is 0 Å². The van der Waals surface area contributed by atoms with Crippen LogP contribution in [0.25, 0.3) is 0 Å². The van der Waals surface area contributed by atoms with Crippen molar-refractivity contribution < 1.29 is 22.8 Å². The van der Waals surface area contributed by atoms with E-state index in [-0.39, 0.29) is 0 Å². The van der Waals surface area contributed by atoms with Gasteiger partial charge in [-0.15, -0.1) is 0 Å². The summed E-state index contributed by atoms with van der Waals surface area (Å²) in [5.41, 5.74) is 1.13. The minimum atomic E-state index is -3.24. The molecule has 82 valence electrons. The molecule has 0 saturated heterocycles. The highest BCUT2D eigenvalue weighted by Gasteiger charge is 2.38. The van der Waals surface area contributed by atoms with Crippen LogP contribution in [0.3, 0.4) is 0 Å². The highest BCUT2D eigenvalue weighted by molar-refractivity contribution is 5.80. The van der Waals surface area contributed by atoms with Gasteiger partial charge in [0.15, 0.2) is 0 Å². The number of carbonyl (C=O) groups is 1. The van der Waals surface area contributed by atoms with Crippen LogP contribution in [0.5, 0.6) is 0 Å². The molecule has 0 fully saturated rings. The van der Waals surface area contributed by atoms with Gasteiger partial charge in [-0.1, -0.05) is 12.1 Å². The van der Waals surface area contributed by atoms with Crippen molar-refractivity contribution in [3.05, 3.63) is 35.6 Å². The molecule has 2 atom stereocenters. The molecule has 0 aliphatic rings. The predicted octanol–water partition coefficient (Wildman–Crippen LogP) is 0.857. The number of carbonyl (C=O) groups excluding carboxylic acids is 1. The van der Waals surface area contributed by atoms with E-state index in [2.05, 4.69) is 5.73 Å². The average Bonchev–Trinajstić information content (AvgIpc) is 2.26. The van der Waals surface area contributed by atoms with Crippen LogP contribution in [0.4, 0.5) is 8.78 Å². The Balaban J connectivity index is 3.38. The van der Waals surface area contributed by atoms with Crippen molar-refractivity contribution in [1.29, 1.82) is 0 Å². The van der Waals surface area contributed by atoms with E-state index in [1.54, 1.807) is 0 Å². The lowest BCUT2D eigenvalue weighted by Gasteiger charge is -2.25. The molecule has 0 saturated carbocycles. The van der Waals surface area contributed by atoms with E-state index in [4.69, 9.17) is 4.11 Å². The molecule has 1 amide bonds. The van der Waals surface area contributed by atoms with Crippen LogP contribution in [-0.4, -0.2) is 17.2 Å². The summed E-state index contributed by atoms with van der Waals surface area (Å²) >= 11 is 0. The van der Waals surface area contributed by atoms with E-state index in [9.17, 15) is 18.7 Å². The maximum atomic E-state index is 13.7. The first kappa shape index (κ1) is 7.76. The van der Waals surface area contributed by atoms with E-state index in [0.29, 0.717) is 0 Å². The molecule has 2 unspecified atom stereocenters. The Kier molecular flexibility index (Phi) is 2.04. The molecule has 15 heavy (non-hydrogen) atoms. The lowest BCUT2D eigenvalue weighted by molar-refractivity contribution is -0.133. The van der Waals surface area contributed by atoms with E-state index in [0.717, 1.165) is 24.3 Å². The fraction of sp³-hybridized carbons (Fsp3) is 0.300. The minimum absolute atomic E-state index is 0.449. The summed E-state index contributed by atoms with van der Waals surface area (Å²) in [7, 11) is 0. The van der Waals surface area contributed by atoms with Crippen molar-refractivity contribution in [3.8, 4) is 0 Å². The Labute approximate surface area is 89.7 Å². The molecule has 0 aliphatic heterocycles. The second-order valence-electron chi connectivity index (χ2n) is 3.04. The summed E-state index contributed by atoms with van der Waals surface area (Å²) < 4.78 is 47.8. The van der Waals surface area contributed by atoms with E-state index in [1.165, 1.54) is 0 Å². The maximum Gasteiger partial charge on any atom is 0.255 e. The Morgan fingerprint density at radius 3 is 2.53 bits per heavy atom. The van der Waals surface area contributed by atoms with Crippen LogP contribution >= 0.6 is 0 Å². The second kappa shape index (κ2) is 3.94. The van der Waals surface area contributed by atoms with Crippen molar-refractivity contribution in [2.24, 2.45) is 5.73 Å². The summed E-state index contributed by atoms with van der Waals surface area (Å²) in [5.74, 6) is -2.31. The molecule has 1 aromatic carbocycles. The number of hydrogen-bond donors (Lipinski definition) is 2. The number of aliphatic hydroxyl groups is 1. The molecule has 3 N–H and O–H groups in total. The van der Waals surface area contributed by atoms with Gasteiger partial charge < -0.3 is 10.8 Å². The molecule has 5 heteroatoms. The quantitative estimate of drug-likeness (QED) is 0.790. The van der Waals surface area contributed by atoms with Gasteiger partial charge in [-0.05, 0) is 24.5 Å². The zero-order valence-corrected chi connectivity index (χ0v) is 7.58. The minimum Gasteiger partial charge on any atom is -0.382 e. The third-order valence-electron chi connectivity index (χ3n) is 1.90. The third kappa shape index (κ3) is 2.30. The highest BCUT2D eigenvalue weighted by atomic mass is 19.1. The van der Waals surface area contributed by atoms with E-state index in [1.807, 2.05) is 0 Å². The summed E-state index contributed by atoms with van der Waals surface area (Å²) in [6.07, 6.45) is -2.84. The van der Waals surface area contributed by atoms with Crippen molar-refractivity contribution >= 4 is 5.91 Å². The number of nitrogens with two attached hydrogens (primary N) is 1. The second-order valence-corrected chi connectivity index (χ2v) is 3.04. The van der Waals surface area contributed by atoms with Crippen LogP contribution in [0.2, 0.25) is 0 Å². The number of rotatable bonds is 3. The molecule has 0 bridgehead atoms. The first-order chi connectivity index (χ1) is 8.10. The number of hydrogen-bond acceptors (Lipinski definition) is 2. The normalized spacial score (nSPS) is 20.6. The maximum absolute atomic E-state index is 13.7. The summed E-state index contributed by atoms with van der Waals surface area (Å²) in [4.78, 5) is 10.8. The van der Waals surface area contributed by atoms with Crippen LogP contribution in [0.1, 0.15) is 16.5 Å². The van der Waals surface area contributed by atoms with Gasteiger partial charge in [0.1, 0.15) is 11.4 Å². The predicted molar refractivity (Wildman–Crippen MR) is 50.1 cm³/mol. The van der Waals surface area contributed by atoms with Crippen molar-refractivity contribution in [1.82, 2.24) is 0 Å². The smallest absolute Gasteiger partial charge is 0.255 e. The van der Waals surface area contributed by atoms with Crippen LogP contribution < -0.4 is 5.73 Å². The third-order valence-corrected chi connectivity index (χ3v) is 1.90. The van der Waals surface area contributed by atoms with Crippen molar-refractivity contribution in [3.63, 3.8) is 0 Å². The molecule has 0 aliphatic carbocycles.